The number of carbonyl (C=O) groups excluding carboxylic acids is 1. The molecular formula is C22H30ClN3OS. The summed E-state index contributed by atoms with van der Waals surface area (Å²) in [7, 11) is 0. The minimum Gasteiger partial charge on any atom is -0.354 e. The number of nitrogens with one attached hydrogen (secondary N) is 2. The van der Waals surface area contributed by atoms with Gasteiger partial charge in [0.2, 0.25) is 5.91 Å². The molecule has 152 valence electrons. The first-order valence-electron chi connectivity index (χ1n) is 10.1. The molecule has 6 heteroatoms. The fraction of sp³-hybridized carbons (Fsp3) is 0.500. The lowest BCUT2D eigenvalue weighted by molar-refractivity contribution is -0.126. The molecule has 0 aliphatic carbocycles. The second kappa shape index (κ2) is 9.88. The summed E-state index contributed by atoms with van der Waals surface area (Å²) in [5.74, 6) is 0.361. The Morgan fingerprint density at radius 3 is 2.93 bits per heavy atom. The number of carbonyl (C=O) groups is 1. The number of benzene rings is 1. The highest BCUT2D eigenvalue weighted by Crippen LogP contribution is 2.30. The first-order chi connectivity index (χ1) is 13.2. The lowest BCUT2D eigenvalue weighted by atomic mass is 9.92. The molecule has 2 aliphatic heterocycles. The van der Waals surface area contributed by atoms with Crippen molar-refractivity contribution >= 4 is 29.7 Å². The summed E-state index contributed by atoms with van der Waals surface area (Å²) in [5, 5.41) is 8.91. The Hall–Kier alpha value is -1.40. The molecule has 0 spiro atoms. The van der Waals surface area contributed by atoms with Gasteiger partial charge in [-0.3, -0.25) is 9.69 Å². The van der Waals surface area contributed by atoms with Crippen LogP contribution in [0.1, 0.15) is 41.8 Å². The standard InChI is InChI=1S/C22H29N3OS.ClH/c1-16-13-18(7-10-23-16)22(26)24-14-20(17-5-3-2-4-6-17)25-11-8-21-19(15-25)9-12-27-21;/h2-6,9,12,16,18,20,23H,7-8,10-11,13-15H2,1H3,(H,24,26);1H/t16-,18-,20?;/m0./s1. The summed E-state index contributed by atoms with van der Waals surface area (Å²) in [6.45, 7) is 5.80. The molecule has 1 amide bonds. The largest absolute Gasteiger partial charge is 0.354 e. The van der Waals surface area contributed by atoms with Gasteiger partial charge in [0.05, 0.1) is 6.04 Å². The lowest BCUT2D eigenvalue weighted by Crippen LogP contribution is -2.45. The van der Waals surface area contributed by atoms with Crippen LogP contribution < -0.4 is 10.6 Å². The summed E-state index contributed by atoms with van der Waals surface area (Å²) in [6, 6.07) is 13.5. The van der Waals surface area contributed by atoms with Crippen molar-refractivity contribution in [1.29, 1.82) is 0 Å². The van der Waals surface area contributed by atoms with E-state index < -0.39 is 0 Å². The molecule has 3 atom stereocenters. The van der Waals surface area contributed by atoms with Crippen LogP contribution in [-0.4, -0.2) is 36.5 Å². The highest BCUT2D eigenvalue weighted by atomic mass is 35.5. The third-order valence-corrected chi connectivity index (χ3v) is 6.95. The number of fused-ring (bicyclic) bond motifs is 1. The van der Waals surface area contributed by atoms with E-state index in [-0.39, 0.29) is 30.3 Å². The van der Waals surface area contributed by atoms with Crippen molar-refractivity contribution < 1.29 is 4.79 Å². The van der Waals surface area contributed by atoms with Crippen molar-refractivity contribution in [2.45, 2.75) is 44.8 Å². The van der Waals surface area contributed by atoms with Crippen LogP contribution in [0.3, 0.4) is 0 Å². The maximum Gasteiger partial charge on any atom is 0.223 e. The number of halogens is 1. The molecule has 1 aromatic carbocycles. The van der Waals surface area contributed by atoms with Gasteiger partial charge in [0.25, 0.3) is 0 Å². The average molecular weight is 420 g/mol. The first kappa shape index (κ1) is 21.3. The molecule has 2 aliphatic rings. The maximum absolute atomic E-state index is 12.8. The summed E-state index contributed by atoms with van der Waals surface area (Å²) in [6.07, 6.45) is 2.98. The minimum atomic E-state index is 0. The van der Waals surface area contributed by atoms with E-state index in [1.54, 1.807) is 0 Å². The summed E-state index contributed by atoms with van der Waals surface area (Å²) in [4.78, 5) is 16.8. The van der Waals surface area contributed by atoms with E-state index in [0.717, 1.165) is 38.9 Å². The minimum absolute atomic E-state index is 0. The van der Waals surface area contributed by atoms with Crippen molar-refractivity contribution in [2.75, 3.05) is 19.6 Å². The van der Waals surface area contributed by atoms with Crippen molar-refractivity contribution in [2.24, 2.45) is 5.92 Å². The topological polar surface area (TPSA) is 44.4 Å². The van der Waals surface area contributed by atoms with E-state index in [0.29, 0.717) is 12.6 Å². The summed E-state index contributed by atoms with van der Waals surface area (Å²) >= 11 is 1.87. The van der Waals surface area contributed by atoms with Crippen LogP contribution in [0.4, 0.5) is 0 Å². The quantitative estimate of drug-likeness (QED) is 0.775. The van der Waals surface area contributed by atoms with Gasteiger partial charge in [0, 0.05) is 36.5 Å². The molecule has 1 unspecified atom stereocenters. The van der Waals surface area contributed by atoms with Gasteiger partial charge in [-0.05, 0) is 55.3 Å². The highest BCUT2D eigenvalue weighted by molar-refractivity contribution is 7.10. The molecule has 0 bridgehead atoms. The Bertz CT molecular complexity index is 766. The van der Waals surface area contributed by atoms with Gasteiger partial charge < -0.3 is 10.6 Å². The van der Waals surface area contributed by atoms with Crippen LogP contribution in [-0.2, 0) is 17.8 Å². The SMILES string of the molecule is C[C@H]1C[C@@H](C(=O)NCC(c2ccccc2)N2CCc3sccc3C2)CCN1.Cl. The number of amides is 1. The third kappa shape index (κ3) is 4.95. The second-order valence-corrected chi connectivity index (χ2v) is 8.84. The molecular weight excluding hydrogens is 390 g/mol. The van der Waals surface area contributed by atoms with Crippen molar-refractivity contribution in [3.8, 4) is 0 Å². The van der Waals surface area contributed by atoms with Crippen LogP contribution in [0.25, 0.3) is 0 Å². The van der Waals surface area contributed by atoms with E-state index in [1.807, 2.05) is 11.3 Å². The van der Waals surface area contributed by atoms with E-state index in [1.165, 1.54) is 16.0 Å². The monoisotopic (exact) mass is 419 g/mol. The Morgan fingerprint density at radius 1 is 1.32 bits per heavy atom. The molecule has 4 rings (SSSR count). The lowest BCUT2D eigenvalue weighted by Gasteiger charge is -2.35. The normalized spacial score (nSPS) is 23.3. The smallest absolute Gasteiger partial charge is 0.223 e. The molecule has 1 aromatic heterocycles. The fourth-order valence-electron chi connectivity index (χ4n) is 4.38. The van der Waals surface area contributed by atoms with Crippen molar-refractivity contribution in [3.63, 3.8) is 0 Å². The van der Waals surface area contributed by atoms with Crippen LogP contribution >= 0.6 is 23.7 Å². The maximum atomic E-state index is 12.8. The number of hydrogen-bond acceptors (Lipinski definition) is 4. The fourth-order valence-corrected chi connectivity index (χ4v) is 5.27. The second-order valence-electron chi connectivity index (χ2n) is 7.84. The summed E-state index contributed by atoms with van der Waals surface area (Å²) in [5.41, 5.74) is 2.74. The third-order valence-electron chi connectivity index (χ3n) is 5.93. The van der Waals surface area contributed by atoms with Gasteiger partial charge in [-0.15, -0.1) is 23.7 Å². The zero-order chi connectivity index (χ0) is 18.6. The van der Waals surface area contributed by atoms with Crippen molar-refractivity contribution in [3.05, 3.63) is 57.8 Å². The van der Waals surface area contributed by atoms with Gasteiger partial charge >= 0.3 is 0 Å². The molecule has 3 heterocycles. The highest BCUT2D eigenvalue weighted by Gasteiger charge is 2.28. The molecule has 0 saturated carbocycles. The number of rotatable bonds is 5. The number of hydrogen-bond donors (Lipinski definition) is 2. The van der Waals surface area contributed by atoms with E-state index in [4.69, 9.17) is 0 Å². The molecule has 4 nitrogen and oxygen atoms in total. The van der Waals surface area contributed by atoms with Crippen molar-refractivity contribution in [1.82, 2.24) is 15.5 Å². The van der Waals surface area contributed by atoms with Gasteiger partial charge in [-0.2, -0.15) is 0 Å². The van der Waals surface area contributed by atoms with E-state index >= 15 is 0 Å². The summed E-state index contributed by atoms with van der Waals surface area (Å²) < 4.78 is 0. The van der Waals surface area contributed by atoms with E-state index in [2.05, 4.69) is 64.2 Å². The zero-order valence-electron chi connectivity index (χ0n) is 16.4. The van der Waals surface area contributed by atoms with Crippen LogP contribution in [0.2, 0.25) is 0 Å². The molecule has 1 fully saturated rings. The first-order valence-corrected chi connectivity index (χ1v) is 10.9. The van der Waals surface area contributed by atoms with Gasteiger partial charge in [-0.1, -0.05) is 30.3 Å². The number of thiophene rings is 1. The Balaban J connectivity index is 0.00000225. The molecule has 2 aromatic rings. The van der Waals surface area contributed by atoms with Crippen LogP contribution in [0.15, 0.2) is 41.8 Å². The van der Waals surface area contributed by atoms with Gasteiger partial charge in [0.15, 0.2) is 0 Å². The molecule has 1 saturated heterocycles. The zero-order valence-corrected chi connectivity index (χ0v) is 18.0. The van der Waals surface area contributed by atoms with Crippen LogP contribution in [0, 0.1) is 5.92 Å². The number of nitrogens with zero attached hydrogens (tertiary/aromatic N) is 1. The average Bonchev–Trinajstić information content (AvgIpc) is 3.17. The predicted octanol–water partition coefficient (Wildman–Crippen LogP) is 3.77. The Kier molecular flexibility index (Phi) is 7.52. The van der Waals surface area contributed by atoms with Gasteiger partial charge in [-0.25, -0.2) is 0 Å². The number of piperidine rings is 1. The van der Waals surface area contributed by atoms with Crippen LogP contribution in [0.5, 0.6) is 0 Å². The molecule has 28 heavy (non-hydrogen) atoms. The Morgan fingerprint density at radius 2 is 2.14 bits per heavy atom. The van der Waals surface area contributed by atoms with Gasteiger partial charge in [0.1, 0.15) is 0 Å². The Labute approximate surface area is 178 Å². The molecule has 0 radical (unpaired) electrons. The predicted molar refractivity (Wildman–Crippen MR) is 118 cm³/mol. The molecule has 2 N–H and O–H groups in total. The van der Waals surface area contributed by atoms with E-state index in [9.17, 15) is 4.79 Å².